The van der Waals surface area contributed by atoms with Gasteiger partial charge >= 0.3 is 0 Å². The molecule has 2 nitrogen and oxygen atoms in total. The van der Waals surface area contributed by atoms with Crippen LogP contribution in [0.1, 0.15) is 39.5 Å². The van der Waals surface area contributed by atoms with Crippen molar-refractivity contribution in [2.24, 2.45) is 0 Å². The molecular formula is C9H19NO. The van der Waals surface area contributed by atoms with E-state index in [4.69, 9.17) is 0 Å². The highest BCUT2D eigenvalue weighted by Gasteiger charge is 2.21. The van der Waals surface area contributed by atoms with Gasteiger partial charge in [-0.3, -0.25) is 0 Å². The van der Waals surface area contributed by atoms with Crippen LogP contribution < -0.4 is 5.32 Å². The number of aliphatic hydroxyl groups is 1. The summed E-state index contributed by atoms with van der Waals surface area (Å²) in [6, 6.07) is 0.955. The molecule has 2 heteroatoms. The lowest BCUT2D eigenvalue weighted by Gasteiger charge is -2.31. The van der Waals surface area contributed by atoms with Crippen molar-refractivity contribution < 1.29 is 5.11 Å². The van der Waals surface area contributed by atoms with Gasteiger partial charge in [0.25, 0.3) is 0 Å². The fourth-order valence-electron chi connectivity index (χ4n) is 1.41. The highest BCUT2D eigenvalue weighted by atomic mass is 16.3. The lowest BCUT2D eigenvalue weighted by molar-refractivity contribution is 0.115. The summed E-state index contributed by atoms with van der Waals surface area (Å²) in [5.41, 5.74) is 0. The van der Waals surface area contributed by atoms with Crippen molar-refractivity contribution in [3.63, 3.8) is 0 Å². The third-order valence-electron chi connectivity index (χ3n) is 2.60. The van der Waals surface area contributed by atoms with Crippen LogP contribution in [0.5, 0.6) is 0 Å². The second-order valence-electron chi connectivity index (χ2n) is 3.56. The van der Waals surface area contributed by atoms with Crippen molar-refractivity contribution in [3.05, 3.63) is 0 Å². The lowest BCUT2D eigenvalue weighted by Crippen LogP contribution is -2.46. The third kappa shape index (κ3) is 2.46. The average molecular weight is 157 g/mol. The predicted octanol–water partition coefficient (Wildman–Crippen LogP) is 1.29. The minimum absolute atomic E-state index is 0.171. The molecule has 0 aliphatic heterocycles. The second kappa shape index (κ2) is 4.07. The molecule has 1 saturated carbocycles. The molecule has 0 spiro atoms. The summed E-state index contributed by atoms with van der Waals surface area (Å²) >= 11 is 0. The molecule has 0 radical (unpaired) electrons. The molecule has 0 saturated heterocycles. The van der Waals surface area contributed by atoms with E-state index in [0.29, 0.717) is 6.04 Å². The second-order valence-corrected chi connectivity index (χ2v) is 3.56. The molecule has 2 atom stereocenters. The Balaban J connectivity index is 2.13. The summed E-state index contributed by atoms with van der Waals surface area (Å²) in [6.45, 7) is 4.08. The van der Waals surface area contributed by atoms with E-state index in [1.165, 1.54) is 19.3 Å². The van der Waals surface area contributed by atoms with Crippen LogP contribution in [-0.4, -0.2) is 23.3 Å². The van der Waals surface area contributed by atoms with Crippen molar-refractivity contribution in [1.82, 2.24) is 5.32 Å². The van der Waals surface area contributed by atoms with Gasteiger partial charge in [-0.05, 0) is 26.2 Å². The Hall–Kier alpha value is -0.0800. The Morgan fingerprint density at radius 1 is 1.55 bits per heavy atom. The summed E-state index contributed by atoms with van der Waals surface area (Å²) in [5, 5.41) is 12.8. The van der Waals surface area contributed by atoms with Gasteiger partial charge in [0.2, 0.25) is 0 Å². The van der Waals surface area contributed by atoms with E-state index in [-0.39, 0.29) is 12.1 Å². The minimum Gasteiger partial charge on any atom is -0.392 e. The van der Waals surface area contributed by atoms with Crippen LogP contribution in [0.15, 0.2) is 0 Å². The van der Waals surface area contributed by atoms with Crippen LogP contribution in [0.4, 0.5) is 0 Å². The molecule has 0 aromatic heterocycles. The van der Waals surface area contributed by atoms with Crippen LogP contribution in [0.3, 0.4) is 0 Å². The highest BCUT2D eigenvalue weighted by molar-refractivity contribution is 4.81. The van der Waals surface area contributed by atoms with Gasteiger partial charge in [-0.2, -0.15) is 0 Å². The zero-order chi connectivity index (χ0) is 8.27. The summed E-state index contributed by atoms with van der Waals surface area (Å²) in [4.78, 5) is 0. The maximum atomic E-state index is 9.43. The largest absolute Gasteiger partial charge is 0.392 e. The maximum Gasteiger partial charge on any atom is 0.0687 e. The van der Waals surface area contributed by atoms with E-state index in [0.717, 1.165) is 6.42 Å². The quantitative estimate of drug-likeness (QED) is 0.644. The Morgan fingerprint density at radius 2 is 2.18 bits per heavy atom. The molecule has 1 aliphatic rings. The van der Waals surface area contributed by atoms with Gasteiger partial charge in [0, 0.05) is 12.1 Å². The molecular weight excluding hydrogens is 138 g/mol. The fraction of sp³-hybridized carbons (Fsp3) is 1.00. The van der Waals surface area contributed by atoms with Crippen molar-refractivity contribution in [3.8, 4) is 0 Å². The monoisotopic (exact) mass is 157 g/mol. The Morgan fingerprint density at radius 3 is 2.55 bits per heavy atom. The van der Waals surface area contributed by atoms with Gasteiger partial charge in [0.1, 0.15) is 0 Å². The maximum absolute atomic E-state index is 9.43. The van der Waals surface area contributed by atoms with E-state index in [1.54, 1.807) is 0 Å². The summed E-state index contributed by atoms with van der Waals surface area (Å²) in [5.74, 6) is 0. The molecule has 0 heterocycles. The molecule has 66 valence electrons. The van der Waals surface area contributed by atoms with Crippen molar-refractivity contribution in [2.75, 3.05) is 0 Å². The smallest absolute Gasteiger partial charge is 0.0687 e. The summed E-state index contributed by atoms with van der Waals surface area (Å²) < 4.78 is 0. The molecule has 2 unspecified atom stereocenters. The Labute approximate surface area is 69.0 Å². The molecule has 0 aromatic rings. The summed E-state index contributed by atoms with van der Waals surface area (Å²) in [7, 11) is 0. The van der Waals surface area contributed by atoms with Crippen LogP contribution >= 0.6 is 0 Å². The van der Waals surface area contributed by atoms with Crippen molar-refractivity contribution in [1.29, 1.82) is 0 Å². The fourth-order valence-corrected chi connectivity index (χ4v) is 1.41. The zero-order valence-corrected chi connectivity index (χ0v) is 7.51. The first-order valence-corrected chi connectivity index (χ1v) is 4.68. The van der Waals surface area contributed by atoms with Crippen LogP contribution in [-0.2, 0) is 0 Å². The number of hydrogen-bond donors (Lipinski definition) is 2. The van der Waals surface area contributed by atoms with Gasteiger partial charge in [-0.25, -0.2) is 0 Å². The molecule has 1 rings (SSSR count). The third-order valence-corrected chi connectivity index (χ3v) is 2.60. The molecule has 1 aliphatic carbocycles. The number of aliphatic hydroxyl groups excluding tert-OH is 1. The molecule has 1 fully saturated rings. The SMILES string of the molecule is CCC(O)C(C)NC1CCC1. The molecule has 2 N–H and O–H groups in total. The highest BCUT2D eigenvalue weighted by Crippen LogP contribution is 2.19. The van der Waals surface area contributed by atoms with Gasteiger partial charge < -0.3 is 10.4 Å². The van der Waals surface area contributed by atoms with E-state index in [1.807, 2.05) is 6.92 Å². The van der Waals surface area contributed by atoms with Gasteiger partial charge in [0.05, 0.1) is 6.10 Å². The van der Waals surface area contributed by atoms with Gasteiger partial charge in [-0.1, -0.05) is 13.3 Å². The van der Waals surface area contributed by atoms with Crippen molar-refractivity contribution in [2.45, 2.75) is 57.7 Å². The van der Waals surface area contributed by atoms with Gasteiger partial charge in [0.15, 0.2) is 0 Å². The minimum atomic E-state index is -0.171. The van der Waals surface area contributed by atoms with Gasteiger partial charge in [-0.15, -0.1) is 0 Å². The zero-order valence-electron chi connectivity index (χ0n) is 7.51. The normalized spacial score (nSPS) is 24.3. The van der Waals surface area contributed by atoms with Crippen LogP contribution in [0, 0.1) is 0 Å². The van der Waals surface area contributed by atoms with Crippen molar-refractivity contribution >= 4 is 0 Å². The number of nitrogens with one attached hydrogen (secondary N) is 1. The molecule has 0 bridgehead atoms. The van der Waals surface area contributed by atoms with Crippen LogP contribution in [0.25, 0.3) is 0 Å². The van der Waals surface area contributed by atoms with E-state index >= 15 is 0 Å². The Bertz CT molecular complexity index is 112. The molecule has 0 amide bonds. The first-order valence-electron chi connectivity index (χ1n) is 4.68. The van der Waals surface area contributed by atoms with Crippen LogP contribution in [0.2, 0.25) is 0 Å². The lowest BCUT2D eigenvalue weighted by atomic mass is 9.92. The average Bonchev–Trinajstić information content (AvgIpc) is 1.94. The van der Waals surface area contributed by atoms with E-state index < -0.39 is 0 Å². The van der Waals surface area contributed by atoms with E-state index in [9.17, 15) is 5.11 Å². The first kappa shape index (κ1) is 9.01. The molecule has 11 heavy (non-hydrogen) atoms. The number of hydrogen-bond acceptors (Lipinski definition) is 2. The predicted molar refractivity (Wildman–Crippen MR) is 46.5 cm³/mol. The Kier molecular flexibility index (Phi) is 3.34. The standard InChI is InChI=1S/C9H19NO/c1-3-9(11)7(2)10-8-5-4-6-8/h7-11H,3-6H2,1-2H3. The molecule has 0 aromatic carbocycles. The number of rotatable bonds is 4. The topological polar surface area (TPSA) is 32.3 Å². The van der Waals surface area contributed by atoms with E-state index in [2.05, 4.69) is 12.2 Å². The first-order chi connectivity index (χ1) is 5.24. The summed E-state index contributed by atoms with van der Waals surface area (Å²) in [6.07, 6.45) is 4.62.